The normalized spacial score (nSPS) is 11.9. The van der Waals surface area contributed by atoms with Crippen LogP contribution in [0.5, 0.6) is 0 Å². The molecule has 0 fully saturated rings. The fourth-order valence-electron chi connectivity index (χ4n) is 0.968. The molecule has 0 saturated carbocycles. The van der Waals surface area contributed by atoms with Gasteiger partial charge in [-0.3, -0.25) is 0 Å². The molecule has 0 bridgehead atoms. The largest absolute Gasteiger partial charge is 0.314 e. The predicted octanol–water partition coefficient (Wildman–Crippen LogP) is 0.797. The molecule has 0 atom stereocenters. The van der Waals surface area contributed by atoms with E-state index in [9.17, 15) is 8.42 Å². The Kier molecular flexibility index (Phi) is 4.03. The number of aromatic nitrogens is 1. The molecule has 1 N–H and O–H groups in total. The average Bonchev–Trinajstić information content (AvgIpc) is 2.53. The van der Waals surface area contributed by atoms with Gasteiger partial charge in [0.2, 0.25) is 0 Å². The average molecular weight is 234 g/mol. The number of thiazole rings is 1. The molecule has 1 aromatic rings. The minimum Gasteiger partial charge on any atom is -0.314 e. The summed E-state index contributed by atoms with van der Waals surface area (Å²) < 4.78 is 22.6. The van der Waals surface area contributed by atoms with Gasteiger partial charge in [-0.25, -0.2) is 13.4 Å². The van der Waals surface area contributed by atoms with Crippen LogP contribution in [0, 0.1) is 0 Å². The van der Waals surface area contributed by atoms with E-state index >= 15 is 0 Å². The molecule has 0 radical (unpaired) electrons. The Balaban J connectivity index is 2.69. The number of sulfone groups is 1. The van der Waals surface area contributed by atoms with Gasteiger partial charge in [0.25, 0.3) is 0 Å². The minimum absolute atomic E-state index is 0.0673. The van der Waals surface area contributed by atoms with Crippen LogP contribution in [0.25, 0.3) is 0 Å². The Bertz CT molecular complexity index is 384. The lowest BCUT2D eigenvalue weighted by Gasteiger charge is -1.96. The molecule has 80 valence electrons. The van der Waals surface area contributed by atoms with Crippen molar-refractivity contribution in [3.05, 3.63) is 16.1 Å². The molecule has 0 unspecified atom stereocenters. The standard InChI is InChI=1S/C8H14N2O2S2/c1-3-14(11,12)6-8-10-7(4-9-2)5-13-8/h5,9H,3-4,6H2,1-2H3. The van der Waals surface area contributed by atoms with Gasteiger partial charge in [-0.2, -0.15) is 0 Å². The molecular weight excluding hydrogens is 220 g/mol. The molecule has 1 aromatic heterocycles. The molecule has 4 nitrogen and oxygen atoms in total. The smallest absolute Gasteiger partial charge is 0.156 e. The predicted molar refractivity (Wildman–Crippen MR) is 58.0 cm³/mol. The number of nitrogens with one attached hydrogen (secondary N) is 1. The Morgan fingerprint density at radius 3 is 2.86 bits per heavy atom. The first-order chi connectivity index (χ1) is 6.57. The monoisotopic (exact) mass is 234 g/mol. The molecule has 6 heteroatoms. The first-order valence-electron chi connectivity index (χ1n) is 4.35. The Morgan fingerprint density at radius 2 is 2.29 bits per heavy atom. The lowest BCUT2D eigenvalue weighted by atomic mass is 10.5. The van der Waals surface area contributed by atoms with Crippen molar-refractivity contribution in [3.63, 3.8) is 0 Å². The van der Waals surface area contributed by atoms with E-state index in [1.165, 1.54) is 11.3 Å². The molecule has 0 aliphatic carbocycles. The van der Waals surface area contributed by atoms with E-state index in [0.29, 0.717) is 11.6 Å². The third kappa shape index (κ3) is 3.36. The summed E-state index contributed by atoms with van der Waals surface area (Å²) >= 11 is 1.40. The molecule has 1 heterocycles. The summed E-state index contributed by atoms with van der Waals surface area (Å²) in [6.07, 6.45) is 0. The van der Waals surface area contributed by atoms with Gasteiger partial charge in [0.1, 0.15) is 10.8 Å². The SMILES string of the molecule is CCS(=O)(=O)Cc1nc(CNC)cs1. The van der Waals surface area contributed by atoms with Gasteiger partial charge < -0.3 is 5.32 Å². The van der Waals surface area contributed by atoms with E-state index in [1.807, 2.05) is 12.4 Å². The van der Waals surface area contributed by atoms with Crippen LogP contribution >= 0.6 is 11.3 Å². The van der Waals surface area contributed by atoms with Gasteiger partial charge in [0, 0.05) is 17.7 Å². The lowest BCUT2D eigenvalue weighted by Crippen LogP contribution is -2.08. The van der Waals surface area contributed by atoms with E-state index < -0.39 is 9.84 Å². The molecule has 0 aliphatic rings. The van der Waals surface area contributed by atoms with Crippen molar-refractivity contribution in [3.8, 4) is 0 Å². The Morgan fingerprint density at radius 1 is 1.57 bits per heavy atom. The number of hydrogen-bond acceptors (Lipinski definition) is 5. The summed E-state index contributed by atoms with van der Waals surface area (Å²) in [5.41, 5.74) is 0.902. The molecule has 14 heavy (non-hydrogen) atoms. The van der Waals surface area contributed by atoms with Gasteiger partial charge in [-0.05, 0) is 7.05 Å². The zero-order valence-electron chi connectivity index (χ0n) is 8.28. The molecule has 0 amide bonds. The van der Waals surface area contributed by atoms with Crippen LogP contribution in [0.1, 0.15) is 17.6 Å². The Labute approximate surface area is 88.3 Å². The lowest BCUT2D eigenvalue weighted by molar-refractivity contribution is 0.596. The zero-order chi connectivity index (χ0) is 10.6. The maximum absolute atomic E-state index is 11.3. The van der Waals surface area contributed by atoms with Crippen LogP contribution in [0.3, 0.4) is 0 Å². The van der Waals surface area contributed by atoms with Gasteiger partial charge in [-0.15, -0.1) is 11.3 Å². The second-order valence-corrected chi connectivity index (χ2v) is 6.24. The summed E-state index contributed by atoms with van der Waals surface area (Å²) in [5, 5.41) is 5.53. The van der Waals surface area contributed by atoms with Crippen molar-refractivity contribution in [2.75, 3.05) is 12.8 Å². The van der Waals surface area contributed by atoms with Gasteiger partial charge in [-0.1, -0.05) is 6.92 Å². The zero-order valence-corrected chi connectivity index (χ0v) is 9.91. The van der Waals surface area contributed by atoms with Crippen molar-refractivity contribution in [2.24, 2.45) is 0 Å². The van der Waals surface area contributed by atoms with Gasteiger partial charge >= 0.3 is 0 Å². The molecule has 0 aromatic carbocycles. The van der Waals surface area contributed by atoms with Crippen molar-refractivity contribution < 1.29 is 8.42 Å². The summed E-state index contributed by atoms with van der Waals surface area (Å²) in [6.45, 7) is 2.33. The summed E-state index contributed by atoms with van der Waals surface area (Å²) in [4.78, 5) is 4.21. The van der Waals surface area contributed by atoms with Crippen molar-refractivity contribution >= 4 is 21.2 Å². The highest BCUT2D eigenvalue weighted by molar-refractivity contribution is 7.90. The van der Waals surface area contributed by atoms with E-state index in [1.54, 1.807) is 6.92 Å². The molecule has 0 saturated heterocycles. The van der Waals surface area contributed by atoms with E-state index in [2.05, 4.69) is 10.3 Å². The fraction of sp³-hybridized carbons (Fsp3) is 0.625. The van der Waals surface area contributed by atoms with Crippen molar-refractivity contribution in [1.82, 2.24) is 10.3 Å². The fourth-order valence-corrected chi connectivity index (χ4v) is 3.00. The number of nitrogens with zero attached hydrogens (tertiary/aromatic N) is 1. The molecule has 1 rings (SSSR count). The van der Waals surface area contributed by atoms with Gasteiger partial charge in [0.15, 0.2) is 9.84 Å². The van der Waals surface area contributed by atoms with Gasteiger partial charge in [0.05, 0.1) is 5.69 Å². The van der Waals surface area contributed by atoms with Crippen LogP contribution in [0.2, 0.25) is 0 Å². The Hall–Kier alpha value is -0.460. The first-order valence-corrected chi connectivity index (χ1v) is 7.06. The van der Waals surface area contributed by atoms with Crippen molar-refractivity contribution in [2.45, 2.75) is 19.2 Å². The summed E-state index contributed by atoms with van der Waals surface area (Å²) in [6, 6.07) is 0. The molecule has 0 spiro atoms. The highest BCUT2D eigenvalue weighted by Gasteiger charge is 2.11. The number of rotatable bonds is 5. The van der Waals surface area contributed by atoms with E-state index in [4.69, 9.17) is 0 Å². The van der Waals surface area contributed by atoms with Crippen LogP contribution < -0.4 is 5.32 Å². The maximum Gasteiger partial charge on any atom is 0.156 e. The van der Waals surface area contributed by atoms with E-state index in [-0.39, 0.29) is 11.5 Å². The highest BCUT2D eigenvalue weighted by Crippen LogP contribution is 2.13. The number of hydrogen-bond donors (Lipinski definition) is 1. The second kappa shape index (κ2) is 4.86. The minimum atomic E-state index is -2.95. The maximum atomic E-state index is 11.3. The van der Waals surface area contributed by atoms with Crippen molar-refractivity contribution in [1.29, 1.82) is 0 Å². The van der Waals surface area contributed by atoms with Crippen LogP contribution in [0.15, 0.2) is 5.38 Å². The van der Waals surface area contributed by atoms with Crippen LogP contribution in [-0.4, -0.2) is 26.2 Å². The second-order valence-electron chi connectivity index (χ2n) is 2.94. The summed E-state index contributed by atoms with van der Waals surface area (Å²) in [7, 11) is -1.11. The van der Waals surface area contributed by atoms with Crippen LogP contribution in [0.4, 0.5) is 0 Å². The third-order valence-corrected chi connectivity index (χ3v) is 4.41. The quantitative estimate of drug-likeness (QED) is 0.818. The van der Waals surface area contributed by atoms with Crippen LogP contribution in [-0.2, 0) is 22.1 Å². The van der Waals surface area contributed by atoms with E-state index in [0.717, 1.165) is 5.69 Å². The molecule has 0 aliphatic heterocycles. The molecular formula is C8H14N2O2S2. The topological polar surface area (TPSA) is 59.1 Å². The third-order valence-electron chi connectivity index (χ3n) is 1.74. The highest BCUT2D eigenvalue weighted by atomic mass is 32.2. The summed E-state index contributed by atoms with van der Waals surface area (Å²) in [5.74, 6) is 0.242. The first kappa shape index (κ1) is 11.6.